The Morgan fingerprint density at radius 1 is 1.24 bits per heavy atom. The van der Waals surface area contributed by atoms with E-state index in [0.29, 0.717) is 12.1 Å². The number of hydrogen-bond donors (Lipinski definition) is 1. The summed E-state index contributed by atoms with van der Waals surface area (Å²) in [5, 5.41) is 2.63. The van der Waals surface area contributed by atoms with E-state index in [-0.39, 0.29) is 11.7 Å². The molecule has 0 spiro atoms. The van der Waals surface area contributed by atoms with E-state index in [1.165, 1.54) is 0 Å². The van der Waals surface area contributed by atoms with E-state index in [0.717, 1.165) is 5.56 Å². The lowest BCUT2D eigenvalue weighted by molar-refractivity contribution is 0.0534. The highest BCUT2D eigenvalue weighted by Gasteiger charge is 2.14. The maximum atomic E-state index is 11.4. The van der Waals surface area contributed by atoms with Crippen molar-refractivity contribution < 1.29 is 14.3 Å². The summed E-state index contributed by atoms with van der Waals surface area (Å²) in [5.41, 5.74) is 1.03. The van der Waals surface area contributed by atoms with Crippen LogP contribution in [0.25, 0.3) is 6.08 Å². The van der Waals surface area contributed by atoms with Gasteiger partial charge in [-0.05, 0) is 26.3 Å². The predicted octanol–water partition coefficient (Wildman–Crippen LogP) is 3.65. The number of alkyl carbamates (subject to hydrolysis) is 1. The third kappa shape index (κ3) is 6.95. The molecule has 1 aromatic rings. The van der Waals surface area contributed by atoms with Gasteiger partial charge >= 0.3 is 6.09 Å². The van der Waals surface area contributed by atoms with Crippen molar-refractivity contribution in [3.8, 4) is 0 Å². The molecule has 1 N–H and O–H groups in total. The number of carbonyl (C=O) groups excluding carboxylic acids is 2. The van der Waals surface area contributed by atoms with Crippen molar-refractivity contribution in [2.45, 2.75) is 26.4 Å². The highest BCUT2D eigenvalue weighted by Crippen LogP contribution is 2.08. The molecule has 4 nitrogen and oxygen atoms in total. The third-order valence-electron chi connectivity index (χ3n) is 2.43. The number of rotatable bonds is 5. The minimum Gasteiger partial charge on any atom is -0.444 e. The fourth-order valence-electron chi connectivity index (χ4n) is 1.51. The number of nitrogens with one attached hydrogen (secondary N) is 1. The maximum absolute atomic E-state index is 11.4. The highest BCUT2D eigenvalue weighted by atomic mass is 35.5. The fourth-order valence-corrected chi connectivity index (χ4v) is 1.66. The number of carbonyl (C=O) groups is 2. The quantitative estimate of drug-likeness (QED) is 0.667. The molecule has 0 heterocycles. The van der Waals surface area contributed by atoms with Gasteiger partial charge in [0.2, 0.25) is 0 Å². The van der Waals surface area contributed by atoms with Crippen LogP contribution < -0.4 is 5.32 Å². The Kier molecular flexibility index (Phi) is 6.43. The molecule has 114 valence electrons. The first-order valence-electron chi connectivity index (χ1n) is 6.64. The molecular formula is C16H20ClNO3. The van der Waals surface area contributed by atoms with Gasteiger partial charge in [0.1, 0.15) is 5.60 Å². The number of halogens is 1. The zero-order chi connectivity index (χ0) is 15.9. The van der Waals surface area contributed by atoms with Gasteiger partial charge in [-0.3, -0.25) is 4.79 Å². The van der Waals surface area contributed by atoms with Gasteiger partial charge in [-0.1, -0.05) is 36.4 Å². The summed E-state index contributed by atoms with van der Waals surface area (Å²) < 4.78 is 5.11. The molecule has 0 bridgehead atoms. The zero-order valence-electron chi connectivity index (χ0n) is 12.5. The van der Waals surface area contributed by atoms with Gasteiger partial charge in [-0.2, -0.15) is 0 Å². The second-order valence-electron chi connectivity index (χ2n) is 5.46. The molecule has 0 aliphatic rings. The highest BCUT2D eigenvalue weighted by molar-refractivity contribution is 6.30. The summed E-state index contributed by atoms with van der Waals surface area (Å²) in [6.45, 7) is 5.81. The van der Waals surface area contributed by atoms with E-state index in [9.17, 15) is 9.59 Å². The predicted molar refractivity (Wildman–Crippen MR) is 84.8 cm³/mol. The van der Waals surface area contributed by atoms with Crippen molar-refractivity contribution in [1.29, 1.82) is 0 Å². The van der Waals surface area contributed by atoms with Crippen LogP contribution >= 0.6 is 11.6 Å². The number of hydrogen-bond acceptors (Lipinski definition) is 3. The van der Waals surface area contributed by atoms with E-state index in [2.05, 4.69) is 5.32 Å². The molecule has 1 aromatic carbocycles. The fraction of sp³-hybridized carbons (Fsp3) is 0.375. The SMILES string of the molecule is CC(C)(C)OC(=O)NCC=Cc1ccc(C(=O)CCl)cc1. The number of alkyl halides is 1. The molecule has 0 aromatic heterocycles. The first kappa shape index (κ1) is 17.2. The molecule has 5 heteroatoms. The molecule has 0 radical (unpaired) electrons. The van der Waals surface area contributed by atoms with Crippen LogP contribution in [0, 0.1) is 0 Å². The Hall–Kier alpha value is -1.81. The average Bonchev–Trinajstić information content (AvgIpc) is 2.41. The van der Waals surface area contributed by atoms with Crippen molar-refractivity contribution in [3.05, 3.63) is 41.5 Å². The van der Waals surface area contributed by atoms with Gasteiger partial charge in [0.05, 0.1) is 5.88 Å². The van der Waals surface area contributed by atoms with Crippen molar-refractivity contribution >= 4 is 29.6 Å². The largest absolute Gasteiger partial charge is 0.444 e. The van der Waals surface area contributed by atoms with E-state index >= 15 is 0 Å². The molecule has 0 unspecified atom stereocenters. The molecule has 0 aliphatic heterocycles. The summed E-state index contributed by atoms with van der Waals surface area (Å²) in [5.74, 6) is -0.117. The summed E-state index contributed by atoms with van der Waals surface area (Å²) in [7, 11) is 0. The Labute approximate surface area is 130 Å². The molecular weight excluding hydrogens is 290 g/mol. The Bertz CT molecular complexity index is 515. The van der Waals surface area contributed by atoms with Gasteiger partial charge < -0.3 is 10.1 Å². The second-order valence-corrected chi connectivity index (χ2v) is 5.73. The molecule has 1 amide bonds. The number of Topliss-reactive ketones (excluding diaryl/α,β-unsaturated/α-hetero) is 1. The first-order valence-corrected chi connectivity index (χ1v) is 7.18. The van der Waals surface area contributed by atoms with Crippen LogP contribution in [0.2, 0.25) is 0 Å². The van der Waals surface area contributed by atoms with Crippen LogP contribution in [0.3, 0.4) is 0 Å². The number of ketones is 1. The summed E-state index contributed by atoms with van der Waals surface area (Å²) in [6.07, 6.45) is 3.21. The molecule has 0 atom stereocenters. The number of benzene rings is 1. The van der Waals surface area contributed by atoms with Crippen molar-refractivity contribution in [2.24, 2.45) is 0 Å². The van der Waals surface area contributed by atoms with E-state index in [4.69, 9.17) is 16.3 Å². The van der Waals surface area contributed by atoms with Gasteiger partial charge in [0.15, 0.2) is 5.78 Å². The lowest BCUT2D eigenvalue weighted by Crippen LogP contribution is -2.32. The van der Waals surface area contributed by atoms with Crippen molar-refractivity contribution in [2.75, 3.05) is 12.4 Å². The summed E-state index contributed by atoms with van der Waals surface area (Å²) in [4.78, 5) is 22.8. The van der Waals surface area contributed by atoms with Crippen LogP contribution in [0.1, 0.15) is 36.7 Å². The first-order chi connectivity index (χ1) is 9.81. The summed E-state index contributed by atoms with van der Waals surface area (Å²) >= 11 is 5.49. The van der Waals surface area contributed by atoms with E-state index in [1.54, 1.807) is 12.1 Å². The van der Waals surface area contributed by atoms with Crippen molar-refractivity contribution in [1.82, 2.24) is 5.32 Å². The van der Waals surface area contributed by atoms with Crippen LogP contribution in [-0.4, -0.2) is 29.9 Å². The van der Waals surface area contributed by atoms with Gasteiger partial charge in [-0.25, -0.2) is 4.79 Å². The average molecular weight is 310 g/mol. The Morgan fingerprint density at radius 3 is 2.38 bits per heavy atom. The molecule has 0 saturated carbocycles. The topological polar surface area (TPSA) is 55.4 Å². The molecule has 0 saturated heterocycles. The minimum absolute atomic E-state index is 0.0189. The van der Waals surface area contributed by atoms with E-state index < -0.39 is 11.7 Å². The molecule has 1 rings (SSSR count). The van der Waals surface area contributed by atoms with Gasteiger partial charge in [0, 0.05) is 12.1 Å². The van der Waals surface area contributed by atoms with Crippen LogP contribution in [-0.2, 0) is 4.74 Å². The minimum atomic E-state index is -0.501. The normalized spacial score (nSPS) is 11.4. The number of amides is 1. The Morgan fingerprint density at radius 2 is 1.86 bits per heavy atom. The smallest absolute Gasteiger partial charge is 0.407 e. The van der Waals surface area contributed by atoms with Crippen LogP contribution in [0.4, 0.5) is 4.79 Å². The summed E-state index contributed by atoms with van der Waals surface area (Å²) in [6, 6.07) is 7.10. The van der Waals surface area contributed by atoms with Crippen LogP contribution in [0.15, 0.2) is 30.3 Å². The molecule has 21 heavy (non-hydrogen) atoms. The van der Waals surface area contributed by atoms with E-state index in [1.807, 2.05) is 45.1 Å². The second kappa shape index (κ2) is 7.84. The third-order valence-corrected chi connectivity index (χ3v) is 2.67. The monoisotopic (exact) mass is 309 g/mol. The van der Waals surface area contributed by atoms with Gasteiger partial charge in [0.25, 0.3) is 0 Å². The lowest BCUT2D eigenvalue weighted by atomic mass is 10.1. The standard InChI is InChI=1S/C16H20ClNO3/c1-16(2,3)21-15(20)18-10-4-5-12-6-8-13(9-7-12)14(19)11-17/h4-9H,10-11H2,1-3H3,(H,18,20). The lowest BCUT2D eigenvalue weighted by Gasteiger charge is -2.19. The van der Waals surface area contributed by atoms with Crippen LogP contribution in [0.5, 0.6) is 0 Å². The maximum Gasteiger partial charge on any atom is 0.407 e. The molecule has 0 aliphatic carbocycles. The number of ether oxygens (including phenoxy) is 1. The van der Waals surface area contributed by atoms with Gasteiger partial charge in [-0.15, -0.1) is 11.6 Å². The zero-order valence-corrected chi connectivity index (χ0v) is 13.2. The Balaban J connectivity index is 2.44. The van der Waals surface area contributed by atoms with Crippen molar-refractivity contribution in [3.63, 3.8) is 0 Å². The molecule has 0 fully saturated rings.